The van der Waals surface area contributed by atoms with Crippen molar-refractivity contribution in [2.75, 3.05) is 0 Å². The van der Waals surface area contributed by atoms with E-state index in [0.29, 0.717) is 15.7 Å². The Kier molecular flexibility index (Phi) is 2.71. The Hall–Kier alpha value is -1.61. The predicted molar refractivity (Wildman–Crippen MR) is 70.3 cm³/mol. The van der Waals surface area contributed by atoms with Crippen molar-refractivity contribution < 1.29 is 8.42 Å². The van der Waals surface area contributed by atoms with Gasteiger partial charge in [0.05, 0.1) is 9.79 Å². The summed E-state index contributed by atoms with van der Waals surface area (Å²) in [6, 6.07) is 16.0. The first-order chi connectivity index (χ1) is 8.69. The van der Waals surface area contributed by atoms with Crippen LogP contribution in [0.3, 0.4) is 0 Å². The number of benzene rings is 2. The molecule has 0 aliphatic heterocycles. The van der Waals surface area contributed by atoms with E-state index in [-0.39, 0.29) is 0 Å². The zero-order valence-electron chi connectivity index (χ0n) is 9.91. The fourth-order valence-electron chi connectivity index (χ4n) is 2.18. The minimum absolute atomic E-state index is 0.373. The van der Waals surface area contributed by atoms with Crippen molar-refractivity contribution in [2.24, 2.45) is 0 Å². The molecule has 0 spiro atoms. The summed E-state index contributed by atoms with van der Waals surface area (Å²) >= 11 is 0. The first-order valence-electron chi connectivity index (χ1n) is 6.08. The second-order valence-electron chi connectivity index (χ2n) is 4.63. The zero-order chi connectivity index (χ0) is 12.6. The van der Waals surface area contributed by atoms with Gasteiger partial charge in [-0.05, 0) is 42.5 Å². The fraction of sp³-hybridized carbons (Fsp3) is 0.200. The lowest BCUT2D eigenvalue weighted by Crippen LogP contribution is -2.04. The third kappa shape index (κ3) is 1.95. The minimum Gasteiger partial charge on any atom is -0.219 e. The van der Waals surface area contributed by atoms with Crippen LogP contribution < -0.4 is 0 Å². The molecule has 0 amide bonds. The van der Waals surface area contributed by atoms with Crippen LogP contribution in [0.1, 0.15) is 24.3 Å². The summed E-state index contributed by atoms with van der Waals surface area (Å²) < 4.78 is 25.2. The quantitative estimate of drug-likeness (QED) is 0.845. The Balaban J connectivity index is 2.15. The summed E-state index contributed by atoms with van der Waals surface area (Å²) in [7, 11) is -3.37. The molecule has 2 aromatic rings. The van der Waals surface area contributed by atoms with Crippen LogP contribution in [-0.2, 0) is 9.84 Å². The molecule has 1 fully saturated rings. The summed E-state index contributed by atoms with van der Waals surface area (Å²) in [5.74, 6) is 0.430. The normalized spacial score (nSPS) is 15.6. The third-order valence-electron chi connectivity index (χ3n) is 3.28. The second-order valence-corrected chi connectivity index (χ2v) is 6.55. The maximum Gasteiger partial charge on any atom is 0.206 e. The molecule has 92 valence electrons. The Bertz CT molecular complexity index is 656. The number of hydrogen-bond acceptors (Lipinski definition) is 2. The van der Waals surface area contributed by atoms with Crippen LogP contribution in [0.2, 0.25) is 0 Å². The highest BCUT2D eigenvalue weighted by molar-refractivity contribution is 7.91. The summed E-state index contributed by atoms with van der Waals surface area (Å²) in [6.45, 7) is 0. The van der Waals surface area contributed by atoms with Crippen LogP contribution >= 0.6 is 0 Å². The summed E-state index contributed by atoms with van der Waals surface area (Å²) in [5, 5.41) is 0. The van der Waals surface area contributed by atoms with Gasteiger partial charge in [-0.1, -0.05) is 36.4 Å². The van der Waals surface area contributed by atoms with Crippen LogP contribution in [0.5, 0.6) is 0 Å². The average Bonchev–Trinajstić information content (AvgIpc) is 3.24. The number of hydrogen-bond donors (Lipinski definition) is 0. The summed E-state index contributed by atoms with van der Waals surface area (Å²) in [4.78, 5) is 0.844. The zero-order valence-corrected chi connectivity index (χ0v) is 10.7. The van der Waals surface area contributed by atoms with Crippen LogP contribution in [0, 0.1) is 0 Å². The van der Waals surface area contributed by atoms with Crippen LogP contribution in [0.25, 0.3) is 0 Å². The van der Waals surface area contributed by atoms with Crippen LogP contribution in [0.15, 0.2) is 64.4 Å². The van der Waals surface area contributed by atoms with Crippen molar-refractivity contribution in [3.05, 3.63) is 60.2 Å². The maximum atomic E-state index is 12.6. The molecule has 0 bridgehead atoms. The van der Waals surface area contributed by atoms with Gasteiger partial charge in [0.1, 0.15) is 0 Å². The molecule has 2 nitrogen and oxygen atoms in total. The van der Waals surface area contributed by atoms with E-state index in [1.807, 2.05) is 18.2 Å². The highest BCUT2D eigenvalue weighted by atomic mass is 32.2. The van der Waals surface area contributed by atoms with Gasteiger partial charge in [0, 0.05) is 0 Å². The van der Waals surface area contributed by atoms with Crippen LogP contribution in [0.4, 0.5) is 0 Å². The Morgan fingerprint density at radius 3 is 2.11 bits per heavy atom. The van der Waals surface area contributed by atoms with E-state index in [2.05, 4.69) is 0 Å². The van der Waals surface area contributed by atoms with Crippen molar-refractivity contribution in [1.29, 1.82) is 0 Å². The lowest BCUT2D eigenvalue weighted by Gasteiger charge is -2.09. The van der Waals surface area contributed by atoms with Gasteiger partial charge in [-0.25, -0.2) is 8.42 Å². The van der Waals surface area contributed by atoms with Gasteiger partial charge in [0.15, 0.2) is 0 Å². The molecule has 0 saturated heterocycles. The van der Waals surface area contributed by atoms with Gasteiger partial charge in [-0.15, -0.1) is 0 Å². The van der Waals surface area contributed by atoms with Crippen molar-refractivity contribution >= 4 is 9.84 Å². The van der Waals surface area contributed by atoms with Crippen molar-refractivity contribution in [3.63, 3.8) is 0 Å². The second kappa shape index (κ2) is 4.25. The molecule has 3 rings (SSSR count). The van der Waals surface area contributed by atoms with Gasteiger partial charge >= 0.3 is 0 Å². The molecule has 0 radical (unpaired) electrons. The number of sulfone groups is 1. The highest BCUT2D eigenvalue weighted by Crippen LogP contribution is 2.43. The van der Waals surface area contributed by atoms with E-state index in [9.17, 15) is 8.42 Å². The van der Waals surface area contributed by atoms with Gasteiger partial charge in [-0.2, -0.15) is 0 Å². The molecule has 0 N–H and O–H groups in total. The molecule has 0 heterocycles. The molecule has 2 aromatic carbocycles. The molecular weight excluding hydrogens is 244 g/mol. The molecule has 0 atom stereocenters. The van der Waals surface area contributed by atoms with E-state index in [0.717, 1.165) is 18.4 Å². The Morgan fingerprint density at radius 2 is 1.44 bits per heavy atom. The Labute approximate surface area is 107 Å². The number of rotatable bonds is 3. The van der Waals surface area contributed by atoms with Gasteiger partial charge in [-0.3, -0.25) is 0 Å². The smallest absolute Gasteiger partial charge is 0.206 e. The van der Waals surface area contributed by atoms with Crippen molar-refractivity contribution in [2.45, 2.75) is 28.6 Å². The van der Waals surface area contributed by atoms with E-state index >= 15 is 0 Å². The molecule has 3 heteroatoms. The lowest BCUT2D eigenvalue weighted by molar-refractivity contribution is 0.595. The molecular formula is C15H14O2S. The van der Waals surface area contributed by atoms with Crippen LogP contribution in [-0.4, -0.2) is 8.42 Å². The molecule has 1 aliphatic carbocycles. The van der Waals surface area contributed by atoms with Gasteiger partial charge in [0.2, 0.25) is 9.84 Å². The SMILES string of the molecule is O=S(=O)(c1ccccc1)c1ccccc1C1CC1. The van der Waals surface area contributed by atoms with Gasteiger partial charge < -0.3 is 0 Å². The highest BCUT2D eigenvalue weighted by Gasteiger charge is 2.30. The van der Waals surface area contributed by atoms with Crippen molar-refractivity contribution in [3.8, 4) is 0 Å². The van der Waals surface area contributed by atoms with Crippen molar-refractivity contribution in [1.82, 2.24) is 0 Å². The van der Waals surface area contributed by atoms with E-state index in [4.69, 9.17) is 0 Å². The third-order valence-corrected chi connectivity index (χ3v) is 5.12. The topological polar surface area (TPSA) is 34.1 Å². The standard InChI is InChI=1S/C15H14O2S/c16-18(17,13-6-2-1-3-7-13)15-9-5-4-8-14(15)12-10-11-12/h1-9,12H,10-11H2. The molecule has 1 aliphatic rings. The monoisotopic (exact) mass is 258 g/mol. The maximum absolute atomic E-state index is 12.6. The lowest BCUT2D eigenvalue weighted by atomic mass is 10.1. The summed E-state index contributed by atoms with van der Waals surface area (Å²) in [6.07, 6.45) is 2.20. The first kappa shape index (κ1) is 11.5. The minimum atomic E-state index is -3.37. The van der Waals surface area contributed by atoms with Gasteiger partial charge in [0.25, 0.3) is 0 Å². The van der Waals surface area contributed by atoms with E-state index in [1.165, 1.54) is 0 Å². The average molecular weight is 258 g/mol. The molecule has 0 aromatic heterocycles. The largest absolute Gasteiger partial charge is 0.219 e. The molecule has 18 heavy (non-hydrogen) atoms. The molecule has 0 unspecified atom stereocenters. The predicted octanol–water partition coefficient (Wildman–Crippen LogP) is 3.40. The summed E-state index contributed by atoms with van der Waals surface area (Å²) in [5.41, 5.74) is 0.973. The fourth-order valence-corrected chi connectivity index (χ4v) is 3.76. The van der Waals surface area contributed by atoms with E-state index < -0.39 is 9.84 Å². The first-order valence-corrected chi connectivity index (χ1v) is 7.57. The van der Waals surface area contributed by atoms with E-state index in [1.54, 1.807) is 36.4 Å². The molecule has 1 saturated carbocycles. The Morgan fingerprint density at radius 1 is 0.833 bits per heavy atom.